The molecule has 1 fully saturated rings. The summed E-state index contributed by atoms with van der Waals surface area (Å²) in [7, 11) is 0. The van der Waals surface area contributed by atoms with Crippen molar-refractivity contribution in [3.05, 3.63) is 23.7 Å². The second kappa shape index (κ2) is 2.38. The molecule has 1 aliphatic rings. The number of furan rings is 1. The zero-order valence-electron chi connectivity index (χ0n) is 8.55. The maximum absolute atomic E-state index is 5.84. The van der Waals surface area contributed by atoms with Crippen molar-refractivity contribution >= 4 is 0 Å². The predicted molar refractivity (Wildman–Crippen MR) is 52.6 cm³/mol. The molecule has 0 bridgehead atoms. The van der Waals surface area contributed by atoms with E-state index in [1.165, 1.54) is 5.56 Å². The lowest BCUT2D eigenvalue weighted by Gasteiger charge is -2.16. The third kappa shape index (κ3) is 0.983. The van der Waals surface area contributed by atoms with Crippen LogP contribution in [0.15, 0.2) is 16.7 Å². The molecule has 1 aromatic heterocycles. The van der Waals surface area contributed by atoms with E-state index in [0.29, 0.717) is 12.0 Å². The molecule has 0 spiro atoms. The van der Waals surface area contributed by atoms with Gasteiger partial charge in [-0.2, -0.15) is 0 Å². The minimum absolute atomic E-state index is 0.112. The first-order valence-electron chi connectivity index (χ1n) is 4.78. The van der Waals surface area contributed by atoms with E-state index in [2.05, 4.69) is 20.8 Å². The number of aryl methyl sites for hydroxylation is 1. The summed E-state index contributed by atoms with van der Waals surface area (Å²) in [6.07, 6.45) is 2.90. The van der Waals surface area contributed by atoms with Crippen molar-refractivity contribution in [1.29, 1.82) is 0 Å². The summed E-state index contributed by atoms with van der Waals surface area (Å²) in [4.78, 5) is 0. The molecule has 0 aromatic carbocycles. The van der Waals surface area contributed by atoms with Crippen LogP contribution in [0.3, 0.4) is 0 Å². The second-order valence-electron chi connectivity index (χ2n) is 4.78. The molecule has 0 aliphatic heterocycles. The summed E-state index contributed by atoms with van der Waals surface area (Å²) in [5.74, 6) is 1.10. The lowest BCUT2D eigenvalue weighted by Crippen LogP contribution is -2.25. The van der Waals surface area contributed by atoms with Crippen molar-refractivity contribution in [2.45, 2.75) is 32.6 Å². The first kappa shape index (κ1) is 8.82. The van der Waals surface area contributed by atoms with Gasteiger partial charge in [-0.3, -0.25) is 0 Å². The third-order valence-electron chi connectivity index (χ3n) is 3.56. The molecule has 2 N–H and O–H groups in total. The van der Waals surface area contributed by atoms with Crippen LogP contribution in [0.2, 0.25) is 0 Å². The smallest absolute Gasteiger partial charge is 0.114 e. The SMILES string of the molecule is Cc1ccoc1C1(CN)CC1(C)C. The lowest BCUT2D eigenvalue weighted by molar-refractivity contribution is 0.395. The Labute approximate surface area is 79.1 Å². The van der Waals surface area contributed by atoms with Gasteiger partial charge in [-0.15, -0.1) is 0 Å². The maximum Gasteiger partial charge on any atom is 0.114 e. The first-order valence-corrected chi connectivity index (χ1v) is 4.78. The standard InChI is InChI=1S/C11H17NO/c1-8-4-5-13-9(8)11(7-12)6-10(11,2)3/h4-5H,6-7,12H2,1-3H3. The van der Waals surface area contributed by atoms with E-state index in [4.69, 9.17) is 10.2 Å². The van der Waals surface area contributed by atoms with E-state index < -0.39 is 0 Å². The van der Waals surface area contributed by atoms with Crippen LogP contribution in [0.5, 0.6) is 0 Å². The van der Waals surface area contributed by atoms with Gasteiger partial charge in [0.1, 0.15) is 5.76 Å². The van der Waals surface area contributed by atoms with Crippen LogP contribution in [-0.2, 0) is 5.41 Å². The van der Waals surface area contributed by atoms with Crippen LogP contribution in [0.25, 0.3) is 0 Å². The van der Waals surface area contributed by atoms with Crippen molar-refractivity contribution in [3.63, 3.8) is 0 Å². The Bertz CT molecular complexity index is 327. The Morgan fingerprint density at radius 1 is 1.54 bits per heavy atom. The Hall–Kier alpha value is -0.760. The van der Waals surface area contributed by atoms with Gasteiger partial charge in [-0.1, -0.05) is 13.8 Å². The van der Waals surface area contributed by atoms with Crippen LogP contribution >= 0.6 is 0 Å². The molecule has 2 heteroatoms. The molecule has 1 unspecified atom stereocenters. The highest BCUT2D eigenvalue weighted by molar-refractivity contribution is 5.35. The van der Waals surface area contributed by atoms with Gasteiger partial charge in [0.05, 0.1) is 6.26 Å². The lowest BCUT2D eigenvalue weighted by atomic mass is 9.91. The van der Waals surface area contributed by atoms with E-state index in [-0.39, 0.29) is 5.41 Å². The summed E-state index contributed by atoms with van der Waals surface area (Å²) in [5.41, 5.74) is 7.50. The molecular formula is C11H17NO. The van der Waals surface area contributed by atoms with Gasteiger partial charge in [-0.05, 0) is 30.4 Å². The predicted octanol–water partition coefficient (Wildman–Crippen LogP) is 2.21. The molecule has 72 valence electrons. The first-order chi connectivity index (χ1) is 6.03. The fourth-order valence-electron chi connectivity index (χ4n) is 2.40. The molecule has 13 heavy (non-hydrogen) atoms. The zero-order valence-corrected chi connectivity index (χ0v) is 8.55. The summed E-state index contributed by atoms with van der Waals surface area (Å²) in [6.45, 7) is 7.28. The Morgan fingerprint density at radius 3 is 2.46 bits per heavy atom. The summed E-state index contributed by atoms with van der Waals surface area (Å²) < 4.78 is 5.54. The van der Waals surface area contributed by atoms with Gasteiger partial charge in [0, 0.05) is 12.0 Å². The molecule has 0 amide bonds. The van der Waals surface area contributed by atoms with Gasteiger partial charge >= 0.3 is 0 Å². The van der Waals surface area contributed by atoms with Crippen LogP contribution in [0, 0.1) is 12.3 Å². The van der Waals surface area contributed by atoms with Crippen molar-refractivity contribution in [2.24, 2.45) is 11.1 Å². The van der Waals surface area contributed by atoms with Gasteiger partial charge in [0.25, 0.3) is 0 Å². The molecule has 1 aromatic rings. The normalized spacial score (nSPS) is 30.5. The number of rotatable bonds is 2. The van der Waals surface area contributed by atoms with E-state index >= 15 is 0 Å². The Morgan fingerprint density at radius 2 is 2.15 bits per heavy atom. The molecule has 1 saturated carbocycles. The van der Waals surface area contributed by atoms with Gasteiger partial charge in [0.2, 0.25) is 0 Å². The van der Waals surface area contributed by atoms with Gasteiger partial charge in [-0.25, -0.2) is 0 Å². The van der Waals surface area contributed by atoms with E-state index in [0.717, 1.165) is 12.2 Å². The van der Waals surface area contributed by atoms with Gasteiger partial charge < -0.3 is 10.2 Å². The monoisotopic (exact) mass is 179 g/mol. The number of hydrogen-bond acceptors (Lipinski definition) is 2. The van der Waals surface area contributed by atoms with Crippen LogP contribution in [0.1, 0.15) is 31.6 Å². The topological polar surface area (TPSA) is 39.2 Å². The molecule has 1 heterocycles. The third-order valence-corrected chi connectivity index (χ3v) is 3.56. The fraction of sp³-hybridized carbons (Fsp3) is 0.636. The molecule has 2 nitrogen and oxygen atoms in total. The van der Waals surface area contributed by atoms with Crippen molar-refractivity contribution in [2.75, 3.05) is 6.54 Å². The quantitative estimate of drug-likeness (QED) is 0.756. The van der Waals surface area contributed by atoms with Crippen molar-refractivity contribution in [1.82, 2.24) is 0 Å². The second-order valence-corrected chi connectivity index (χ2v) is 4.78. The Balaban J connectivity index is 2.41. The minimum atomic E-state index is 0.112. The minimum Gasteiger partial charge on any atom is -0.468 e. The molecule has 0 radical (unpaired) electrons. The van der Waals surface area contributed by atoms with E-state index in [9.17, 15) is 0 Å². The highest BCUT2D eigenvalue weighted by Crippen LogP contribution is 2.64. The van der Waals surface area contributed by atoms with Crippen LogP contribution in [-0.4, -0.2) is 6.54 Å². The van der Waals surface area contributed by atoms with Crippen molar-refractivity contribution in [3.8, 4) is 0 Å². The number of nitrogens with two attached hydrogens (primary N) is 1. The molecular weight excluding hydrogens is 162 g/mol. The summed E-state index contributed by atoms with van der Waals surface area (Å²) >= 11 is 0. The number of hydrogen-bond donors (Lipinski definition) is 1. The molecule has 0 saturated heterocycles. The van der Waals surface area contributed by atoms with Crippen LogP contribution in [0.4, 0.5) is 0 Å². The largest absolute Gasteiger partial charge is 0.468 e. The summed E-state index contributed by atoms with van der Waals surface area (Å²) in [5, 5.41) is 0. The maximum atomic E-state index is 5.84. The summed E-state index contributed by atoms with van der Waals surface area (Å²) in [6, 6.07) is 2.02. The van der Waals surface area contributed by atoms with E-state index in [1.807, 2.05) is 6.07 Å². The zero-order chi connectivity index (χ0) is 9.69. The molecule has 1 aliphatic carbocycles. The highest BCUT2D eigenvalue weighted by Gasteiger charge is 2.63. The average molecular weight is 179 g/mol. The fourth-order valence-corrected chi connectivity index (χ4v) is 2.40. The Kier molecular flexibility index (Phi) is 1.62. The van der Waals surface area contributed by atoms with E-state index in [1.54, 1.807) is 6.26 Å². The molecule has 1 atom stereocenters. The van der Waals surface area contributed by atoms with Crippen molar-refractivity contribution < 1.29 is 4.42 Å². The van der Waals surface area contributed by atoms with Gasteiger partial charge in [0.15, 0.2) is 0 Å². The average Bonchev–Trinajstić information content (AvgIpc) is 2.43. The molecule has 2 rings (SSSR count). The van der Waals surface area contributed by atoms with Crippen LogP contribution < -0.4 is 5.73 Å². The highest BCUT2D eigenvalue weighted by atomic mass is 16.3.